The Bertz CT molecular complexity index is 233. The number of hydrogen-bond acceptors (Lipinski definition) is 3. The first-order valence-corrected chi connectivity index (χ1v) is 8.42. The molecular weight excluding hydrogens is 242 g/mol. The molecule has 0 heterocycles. The number of rotatable bonds is 7. The number of ether oxygens (including phenoxy) is 1. The third-order valence-electron chi connectivity index (χ3n) is 4.68. The molecule has 18 heavy (non-hydrogen) atoms. The predicted molar refractivity (Wildman–Crippen MR) is 82.1 cm³/mol. The molecule has 1 saturated carbocycles. The fourth-order valence-corrected chi connectivity index (χ4v) is 4.12. The largest absolute Gasteiger partial charge is 0.385 e. The lowest BCUT2D eigenvalue weighted by atomic mass is 9.69. The highest BCUT2D eigenvalue weighted by Crippen LogP contribution is 2.43. The Kier molecular flexibility index (Phi) is 7.04. The fraction of sp³-hybridized carbons (Fsp3) is 1.00. The molecule has 0 saturated heterocycles. The molecule has 1 aliphatic carbocycles. The van der Waals surface area contributed by atoms with Crippen LogP contribution in [0.15, 0.2) is 0 Å². The van der Waals surface area contributed by atoms with Gasteiger partial charge in [-0.25, -0.2) is 0 Å². The maximum absolute atomic E-state index is 6.29. The van der Waals surface area contributed by atoms with Crippen LogP contribution in [0.25, 0.3) is 0 Å². The normalized spacial score (nSPS) is 29.5. The molecule has 1 fully saturated rings. The lowest BCUT2D eigenvalue weighted by Crippen LogP contribution is -2.42. The third kappa shape index (κ3) is 4.75. The molecule has 1 aliphatic rings. The van der Waals surface area contributed by atoms with E-state index in [1.807, 2.05) is 0 Å². The number of nitrogens with two attached hydrogens (primary N) is 1. The summed E-state index contributed by atoms with van der Waals surface area (Å²) in [6.45, 7) is 8.02. The van der Waals surface area contributed by atoms with Crippen molar-refractivity contribution in [1.82, 2.24) is 0 Å². The van der Waals surface area contributed by atoms with Crippen molar-refractivity contribution in [3.63, 3.8) is 0 Å². The van der Waals surface area contributed by atoms with Crippen LogP contribution >= 0.6 is 11.8 Å². The smallest absolute Gasteiger partial charge is 0.0470 e. The molecule has 3 atom stereocenters. The Morgan fingerprint density at radius 1 is 1.33 bits per heavy atom. The topological polar surface area (TPSA) is 35.2 Å². The maximum Gasteiger partial charge on any atom is 0.0470 e. The van der Waals surface area contributed by atoms with Crippen LogP contribution in [0.4, 0.5) is 0 Å². The van der Waals surface area contributed by atoms with E-state index in [0.29, 0.717) is 16.7 Å². The molecule has 3 unspecified atom stereocenters. The molecule has 2 N–H and O–H groups in total. The second-order valence-electron chi connectivity index (χ2n) is 6.27. The first kappa shape index (κ1) is 16.3. The predicted octanol–water partition coefficient (Wildman–Crippen LogP) is 3.69. The number of thioether (sulfide) groups is 1. The van der Waals surface area contributed by atoms with Crippen molar-refractivity contribution < 1.29 is 4.74 Å². The van der Waals surface area contributed by atoms with Gasteiger partial charge in [0.05, 0.1) is 0 Å². The van der Waals surface area contributed by atoms with E-state index in [1.165, 1.54) is 31.4 Å². The van der Waals surface area contributed by atoms with E-state index in [0.717, 1.165) is 18.9 Å². The Morgan fingerprint density at radius 3 is 2.67 bits per heavy atom. The molecule has 0 bridgehead atoms. The van der Waals surface area contributed by atoms with Crippen LogP contribution in [0, 0.1) is 11.3 Å². The van der Waals surface area contributed by atoms with E-state index in [2.05, 4.69) is 32.5 Å². The van der Waals surface area contributed by atoms with Gasteiger partial charge in [-0.3, -0.25) is 0 Å². The van der Waals surface area contributed by atoms with Gasteiger partial charge >= 0.3 is 0 Å². The van der Waals surface area contributed by atoms with Gasteiger partial charge in [-0.2, -0.15) is 11.8 Å². The molecule has 0 aromatic rings. The minimum absolute atomic E-state index is 0.404. The summed E-state index contributed by atoms with van der Waals surface area (Å²) in [5, 5.41) is 0.659. The molecule has 3 heteroatoms. The van der Waals surface area contributed by atoms with E-state index in [-0.39, 0.29) is 0 Å². The Balaban J connectivity index is 2.41. The molecule has 0 spiro atoms. The summed E-state index contributed by atoms with van der Waals surface area (Å²) in [6.07, 6.45) is 6.24. The molecule has 0 radical (unpaired) electrons. The van der Waals surface area contributed by atoms with Crippen LogP contribution in [0.2, 0.25) is 0 Å². The molecule has 0 aliphatic heterocycles. The van der Waals surface area contributed by atoms with Crippen LogP contribution in [-0.2, 0) is 4.74 Å². The summed E-state index contributed by atoms with van der Waals surface area (Å²) in [5.41, 5.74) is 6.77. The van der Waals surface area contributed by atoms with Gasteiger partial charge < -0.3 is 10.5 Å². The van der Waals surface area contributed by atoms with Crippen LogP contribution in [-0.4, -0.2) is 30.8 Å². The zero-order chi connectivity index (χ0) is 13.6. The summed E-state index contributed by atoms with van der Waals surface area (Å²) < 4.78 is 5.11. The van der Waals surface area contributed by atoms with Crippen LogP contribution in [0.5, 0.6) is 0 Å². The summed E-state index contributed by atoms with van der Waals surface area (Å²) in [7, 11) is 1.77. The van der Waals surface area contributed by atoms with Gasteiger partial charge in [0.2, 0.25) is 0 Å². The van der Waals surface area contributed by atoms with Crippen LogP contribution < -0.4 is 5.73 Å². The Morgan fingerprint density at radius 2 is 2.06 bits per heavy atom. The molecule has 1 rings (SSSR count). The van der Waals surface area contributed by atoms with Gasteiger partial charge in [0.25, 0.3) is 0 Å². The Hall–Kier alpha value is 0.270. The zero-order valence-electron chi connectivity index (χ0n) is 12.6. The van der Waals surface area contributed by atoms with Crippen molar-refractivity contribution >= 4 is 11.8 Å². The minimum Gasteiger partial charge on any atom is -0.385 e. The minimum atomic E-state index is 0.404. The second kappa shape index (κ2) is 7.76. The SMILES string of the molecule is CCC(C)(C)C1CCC(N)C(SCCCOC)C1. The standard InChI is InChI=1S/C15H31NOS/c1-5-15(2,3)12-7-8-13(16)14(11-12)18-10-6-9-17-4/h12-14H,5-11,16H2,1-4H3. The average molecular weight is 273 g/mol. The van der Waals surface area contributed by atoms with E-state index < -0.39 is 0 Å². The summed E-state index contributed by atoms with van der Waals surface area (Å²) in [5.74, 6) is 2.04. The quantitative estimate of drug-likeness (QED) is 0.719. The Labute approximate surface area is 117 Å². The van der Waals surface area contributed by atoms with Crippen molar-refractivity contribution in [3.8, 4) is 0 Å². The highest BCUT2D eigenvalue weighted by Gasteiger charge is 2.35. The highest BCUT2D eigenvalue weighted by atomic mass is 32.2. The number of methoxy groups -OCH3 is 1. The maximum atomic E-state index is 6.29. The molecule has 0 aromatic heterocycles. The molecule has 108 valence electrons. The van der Waals surface area contributed by atoms with Crippen molar-refractivity contribution in [2.75, 3.05) is 19.5 Å². The zero-order valence-corrected chi connectivity index (χ0v) is 13.4. The van der Waals surface area contributed by atoms with Crippen molar-refractivity contribution in [2.45, 2.75) is 64.2 Å². The van der Waals surface area contributed by atoms with Gasteiger partial charge in [0.15, 0.2) is 0 Å². The van der Waals surface area contributed by atoms with Gasteiger partial charge in [0, 0.05) is 25.0 Å². The van der Waals surface area contributed by atoms with Gasteiger partial charge in [-0.1, -0.05) is 27.2 Å². The van der Waals surface area contributed by atoms with E-state index in [4.69, 9.17) is 10.5 Å². The summed E-state index contributed by atoms with van der Waals surface area (Å²) >= 11 is 2.07. The average Bonchev–Trinajstić information content (AvgIpc) is 2.36. The third-order valence-corrected chi connectivity index (χ3v) is 6.18. The first-order valence-electron chi connectivity index (χ1n) is 7.37. The van der Waals surface area contributed by atoms with E-state index >= 15 is 0 Å². The number of hydrogen-bond donors (Lipinski definition) is 1. The van der Waals surface area contributed by atoms with E-state index in [9.17, 15) is 0 Å². The van der Waals surface area contributed by atoms with Gasteiger partial charge in [-0.05, 0) is 42.8 Å². The van der Waals surface area contributed by atoms with Crippen LogP contribution in [0.1, 0.15) is 52.9 Å². The summed E-state index contributed by atoms with van der Waals surface area (Å²) in [6, 6.07) is 0.404. The fourth-order valence-electron chi connectivity index (χ4n) is 2.78. The monoisotopic (exact) mass is 273 g/mol. The van der Waals surface area contributed by atoms with Gasteiger partial charge in [-0.15, -0.1) is 0 Å². The summed E-state index contributed by atoms with van der Waals surface area (Å²) in [4.78, 5) is 0. The molecule has 0 aromatic carbocycles. The second-order valence-corrected chi connectivity index (χ2v) is 7.62. The highest BCUT2D eigenvalue weighted by molar-refractivity contribution is 7.99. The molecule has 2 nitrogen and oxygen atoms in total. The van der Waals surface area contributed by atoms with Crippen molar-refractivity contribution in [3.05, 3.63) is 0 Å². The van der Waals surface area contributed by atoms with Crippen molar-refractivity contribution in [2.24, 2.45) is 17.1 Å². The lowest BCUT2D eigenvalue weighted by Gasteiger charge is -2.42. The molecular formula is C15H31NOS. The lowest BCUT2D eigenvalue weighted by molar-refractivity contribution is 0.148. The van der Waals surface area contributed by atoms with Crippen molar-refractivity contribution in [1.29, 1.82) is 0 Å². The van der Waals surface area contributed by atoms with E-state index in [1.54, 1.807) is 7.11 Å². The van der Waals surface area contributed by atoms with Crippen LogP contribution in [0.3, 0.4) is 0 Å². The van der Waals surface area contributed by atoms with Gasteiger partial charge in [0.1, 0.15) is 0 Å². The molecule has 0 amide bonds. The first-order chi connectivity index (χ1) is 8.51.